The van der Waals surface area contributed by atoms with E-state index in [4.69, 9.17) is 0 Å². The predicted octanol–water partition coefficient (Wildman–Crippen LogP) is 2.76. The minimum absolute atomic E-state index is 0.0246. The first-order valence-corrected chi connectivity index (χ1v) is 7.29. The van der Waals surface area contributed by atoms with Crippen molar-refractivity contribution in [2.45, 2.75) is 37.6 Å². The van der Waals surface area contributed by atoms with Crippen LogP contribution in [0.25, 0.3) is 0 Å². The van der Waals surface area contributed by atoms with E-state index in [1.54, 1.807) is 11.8 Å². The van der Waals surface area contributed by atoms with Gasteiger partial charge in [0.05, 0.1) is 4.83 Å². The van der Waals surface area contributed by atoms with Crippen molar-refractivity contribution in [1.82, 2.24) is 4.90 Å². The first-order chi connectivity index (χ1) is 6.58. The van der Waals surface area contributed by atoms with Crippen molar-refractivity contribution in [2.24, 2.45) is 0 Å². The number of carbonyl (C=O) groups is 1. The predicted molar refractivity (Wildman–Crippen MR) is 68.2 cm³/mol. The maximum atomic E-state index is 11.8. The Labute approximate surface area is 99.9 Å². The van der Waals surface area contributed by atoms with Gasteiger partial charge in [-0.1, -0.05) is 29.8 Å². The van der Waals surface area contributed by atoms with Gasteiger partial charge < -0.3 is 4.90 Å². The van der Waals surface area contributed by atoms with Crippen LogP contribution in [0.2, 0.25) is 0 Å². The van der Waals surface area contributed by atoms with E-state index < -0.39 is 0 Å². The highest BCUT2D eigenvalue weighted by Crippen LogP contribution is 2.14. The van der Waals surface area contributed by atoms with Crippen LogP contribution in [0.15, 0.2) is 0 Å². The Morgan fingerprint density at radius 3 is 2.36 bits per heavy atom. The fraction of sp³-hybridized carbons (Fsp3) is 0.900. The molecule has 1 amide bonds. The van der Waals surface area contributed by atoms with Crippen molar-refractivity contribution >= 4 is 33.6 Å². The molecule has 4 heteroatoms. The molecule has 0 bridgehead atoms. The molecule has 0 spiro atoms. The number of hydrogen-bond donors (Lipinski definition) is 0. The Balaban J connectivity index is 4.25. The molecule has 0 saturated carbocycles. The average Bonchev–Trinajstić information content (AvgIpc) is 2.22. The second-order valence-corrected chi connectivity index (χ2v) is 5.36. The first-order valence-electron chi connectivity index (χ1n) is 4.98. The molecule has 0 fully saturated rings. The molecule has 0 heterocycles. The van der Waals surface area contributed by atoms with Crippen molar-refractivity contribution in [3.63, 3.8) is 0 Å². The summed E-state index contributed by atoms with van der Waals surface area (Å²) in [7, 11) is 1.90. The van der Waals surface area contributed by atoms with Crippen LogP contribution >= 0.6 is 27.7 Å². The van der Waals surface area contributed by atoms with Crippen LogP contribution in [-0.2, 0) is 4.79 Å². The Bertz CT molecular complexity index is 178. The number of halogens is 1. The number of amides is 1. The molecule has 0 saturated heterocycles. The standard InChI is InChI=1S/C10H20BrNOS/c1-5-8(7-14-4)12(3)10(13)9(11)6-2/h8-9H,5-7H2,1-4H3. The molecule has 2 nitrogen and oxygen atoms in total. The molecule has 14 heavy (non-hydrogen) atoms. The monoisotopic (exact) mass is 281 g/mol. The van der Waals surface area contributed by atoms with Crippen LogP contribution in [0.4, 0.5) is 0 Å². The van der Waals surface area contributed by atoms with Gasteiger partial charge in [0.2, 0.25) is 5.91 Å². The summed E-state index contributed by atoms with van der Waals surface area (Å²) in [6.07, 6.45) is 3.94. The maximum absolute atomic E-state index is 11.8. The third-order valence-electron chi connectivity index (χ3n) is 2.35. The third-order valence-corrected chi connectivity index (χ3v) is 4.11. The third kappa shape index (κ3) is 4.22. The molecule has 0 aliphatic carbocycles. The molecule has 0 N–H and O–H groups in total. The summed E-state index contributed by atoms with van der Waals surface area (Å²) >= 11 is 5.18. The molecule has 0 rings (SSSR count). The van der Waals surface area contributed by atoms with Crippen molar-refractivity contribution in [3.8, 4) is 0 Å². The lowest BCUT2D eigenvalue weighted by Gasteiger charge is -2.28. The summed E-state index contributed by atoms with van der Waals surface area (Å²) in [4.78, 5) is 13.7. The van der Waals surface area contributed by atoms with Crippen LogP contribution in [0.1, 0.15) is 26.7 Å². The van der Waals surface area contributed by atoms with Crippen molar-refractivity contribution in [1.29, 1.82) is 0 Å². The molecular formula is C10H20BrNOS. The van der Waals surface area contributed by atoms with Gasteiger partial charge in [-0.25, -0.2) is 0 Å². The second kappa shape index (κ2) is 7.57. The SMILES string of the molecule is CCC(Br)C(=O)N(C)C(CC)CSC. The Hall–Kier alpha value is 0.300. The van der Waals surface area contributed by atoms with E-state index in [2.05, 4.69) is 29.1 Å². The first kappa shape index (κ1) is 14.3. The van der Waals surface area contributed by atoms with Crippen LogP contribution < -0.4 is 0 Å². The minimum atomic E-state index is -0.0246. The summed E-state index contributed by atoms with van der Waals surface area (Å²) in [5.41, 5.74) is 0. The van der Waals surface area contributed by atoms with Crippen molar-refractivity contribution in [2.75, 3.05) is 19.1 Å². The maximum Gasteiger partial charge on any atom is 0.236 e. The number of hydrogen-bond acceptors (Lipinski definition) is 2. The van der Waals surface area contributed by atoms with E-state index in [9.17, 15) is 4.79 Å². The zero-order chi connectivity index (χ0) is 11.1. The molecular weight excluding hydrogens is 262 g/mol. The van der Waals surface area contributed by atoms with Gasteiger partial charge in [-0.05, 0) is 19.1 Å². The summed E-state index contributed by atoms with van der Waals surface area (Å²) in [5.74, 6) is 1.22. The zero-order valence-electron chi connectivity index (χ0n) is 9.42. The van der Waals surface area contributed by atoms with Crippen molar-refractivity contribution in [3.05, 3.63) is 0 Å². The molecule has 2 atom stereocenters. The lowest BCUT2D eigenvalue weighted by atomic mass is 10.2. The highest BCUT2D eigenvalue weighted by Gasteiger charge is 2.22. The van der Waals surface area contributed by atoms with Gasteiger partial charge in [0.25, 0.3) is 0 Å². The van der Waals surface area contributed by atoms with E-state index in [0.717, 1.165) is 18.6 Å². The minimum Gasteiger partial charge on any atom is -0.341 e. The summed E-state index contributed by atoms with van der Waals surface area (Å²) < 4.78 is 0. The van der Waals surface area contributed by atoms with E-state index in [1.165, 1.54) is 0 Å². The van der Waals surface area contributed by atoms with Crippen LogP contribution in [0.3, 0.4) is 0 Å². The number of thioether (sulfide) groups is 1. The van der Waals surface area contributed by atoms with E-state index in [-0.39, 0.29) is 10.7 Å². The molecule has 0 aromatic heterocycles. The number of alkyl halides is 1. The highest BCUT2D eigenvalue weighted by atomic mass is 79.9. The molecule has 2 unspecified atom stereocenters. The fourth-order valence-electron chi connectivity index (χ4n) is 1.27. The highest BCUT2D eigenvalue weighted by molar-refractivity contribution is 9.10. The van der Waals surface area contributed by atoms with Gasteiger partial charge in [-0.2, -0.15) is 11.8 Å². The lowest BCUT2D eigenvalue weighted by Crippen LogP contribution is -2.42. The molecule has 0 aromatic carbocycles. The molecule has 0 aliphatic rings. The van der Waals surface area contributed by atoms with Crippen LogP contribution in [0, 0.1) is 0 Å². The number of nitrogens with zero attached hydrogens (tertiary/aromatic N) is 1. The largest absolute Gasteiger partial charge is 0.341 e. The van der Waals surface area contributed by atoms with Gasteiger partial charge >= 0.3 is 0 Å². The second-order valence-electron chi connectivity index (χ2n) is 3.34. The summed E-state index contributed by atoms with van der Waals surface area (Å²) in [6.45, 7) is 4.14. The Morgan fingerprint density at radius 1 is 1.43 bits per heavy atom. The fourth-order valence-corrected chi connectivity index (χ4v) is 2.44. The van der Waals surface area contributed by atoms with E-state index in [1.807, 2.05) is 18.9 Å². The number of carbonyl (C=O) groups excluding carboxylic acids is 1. The van der Waals surface area contributed by atoms with Crippen LogP contribution in [0.5, 0.6) is 0 Å². The average molecular weight is 282 g/mol. The summed E-state index contributed by atoms with van der Waals surface area (Å²) in [6, 6.07) is 0.365. The Morgan fingerprint density at radius 2 is 2.00 bits per heavy atom. The van der Waals surface area contributed by atoms with E-state index in [0.29, 0.717) is 6.04 Å². The molecule has 0 aliphatic heterocycles. The van der Waals surface area contributed by atoms with Gasteiger partial charge in [-0.3, -0.25) is 4.79 Å². The quantitative estimate of drug-likeness (QED) is 0.698. The normalized spacial score (nSPS) is 14.9. The van der Waals surface area contributed by atoms with Gasteiger partial charge in [0, 0.05) is 18.8 Å². The smallest absolute Gasteiger partial charge is 0.236 e. The number of rotatable bonds is 6. The van der Waals surface area contributed by atoms with Gasteiger partial charge in [0.1, 0.15) is 0 Å². The van der Waals surface area contributed by atoms with Gasteiger partial charge in [-0.15, -0.1) is 0 Å². The van der Waals surface area contributed by atoms with Crippen LogP contribution in [-0.4, -0.2) is 40.7 Å². The summed E-state index contributed by atoms with van der Waals surface area (Å²) in [5, 5.41) is 0. The Kier molecular flexibility index (Phi) is 7.74. The van der Waals surface area contributed by atoms with Gasteiger partial charge in [0.15, 0.2) is 0 Å². The zero-order valence-corrected chi connectivity index (χ0v) is 11.8. The topological polar surface area (TPSA) is 20.3 Å². The van der Waals surface area contributed by atoms with E-state index >= 15 is 0 Å². The lowest BCUT2D eigenvalue weighted by molar-refractivity contribution is -0.130. The molecule has 84 valence electrons. The van der Waals surface area contributed by atoms with Crippen molar-refractivity contribution < 1.29 is 4.79 Å². The molecule has 0 radical (unpaired) electrons. The molecule has 0 aromatic rings.